The molecule has 0 radical (unpaired) electrons. The van der Waals surface area contributed by atoms with E-state index in [0.717, 1.165) is 11.1 Å². The third kappa shape index (κ3) is 14.9. The Bertz CT molecular complexity index is 1090. The van der Waals surface area contributed by atoms with Gasteiger partial charge in [0.25, 0.3) is 0 Å². The molecule has 0 bridgehead atoms. The lowest BCUT2D eigenvalue weighted by molar-refractivity contribution is -0.117. The zero-order valence-corrected chi connectivity index (χ0v) is 25.9. The van der Waals surface area contributed by atoms with E-state index >= 15 is 0 Å². The van der Waals surface area contributed by atoms with Gasteiger partial charge in [-0.1, -0.05) is 12.1 Å². The summed E-state index contributed by atoms with van der Waals surface area (Å²) < 4.78 is 42.3. The molecule has 2 amide bonds. The van der Waals surface area contributed by atoms with E-state index in [9.17, 15) is 9.59 Å². The number of carbonyl (C=O) groups excluding carboxylic acids is 2. The van der Waals surface area contributed by atoms with E-state index in [4.69, 9.17) is 37.9 Å². The Labute approximate surface area is 259 Å². The molecule has 0 unspecified atom stereocenters. The van der Waals surface area contributed by atoms with Crippen molar-refractivity contribution < 1.29 is 47.5 Å². The molecule has 0 aliphatic heterocycles. The summed E-state index contributed by atoms with van der Waals surface area (Å²) in [5.74, 6) is 1.70. The molecule has 242 valence electrons. The number of benzene rings is 2. The average Bonchev–Trinajstić information content (AvgIpc) is 3.04. The Hall–Kier alpha value is -4.10. The standard InChI is InChI=1S/C32H44N2O10/c1-37-17-19-41-23-43-27-11-7-25(21-29(27)39-3)9-13-31(35)33-15-5-6-16-34-32(36)14-10-26-8-12-28(30(22-26)40-4)44-24-42-20-18-38-2/h7-14,21-22H,5-6,15-20,23-24H2,1-4H3,(H,33,35)(H,34,36). The van der Waals surface area contributed by atoms with Gasteiger partial charge in [-0.25, -0.2) is 0 Å². The van der Waals surface area contributed by atoms with Crippen LogP contribution in [0.4, 0.5) is 0 Å². The number of carbonyl (C=O) groups is 2. The summed E-state index contributed by atoms with van der Waals surface area (Å²) in [6, 6.07) is 10.7. The van der Waals surface area contributed by atoms with Crippen molar-refractivity contribution in [1.82, 2.24) is 10.6 Å². The normalized spacial score (nSPS) is 11.1. The average molecular weight is 617 g/mol. The Kier molecular flexibility index (Phi) is 18.4. The maximum atomic E-state index is 12.2. The fourth-order valence-corrected chi connectivity index (χ4v) is 3.56. The minimum atomic E-state index is -0.215. The molecule has 0 aromatic heterocycles. The first-order valence-electron chi connectivity index (χ1n) is 14.2. The van der Waals surface area contributed by atoms with Gasteiger partial charge in [0.2, 0.25) is 11.8 Å². The lowest BCUT2D eigenvalue weighted by atomic mass is 10.2. The van der Waals surface area contributed by atoms with Crippen LogP contribution < -0.4 is 29.6 Å². The highest BCUT2D eigenvalue weighted by atomic mass is 16.7. The van der Waals surface area contributed by atoms with Crippen LogP contribution in [0.3, 0.4) is 0 Å². The van der Waals surface area contributed by atoms with E-state index in [2.05, 4.69) is 10.6 Å². The molecule has 0 saturated heterocycles. The largest absolute Gasteiger partial charge is 0.493 e. The SMILES string of the molecule is COCCOCOc1ccc(C=CC(=O)NCCCCNC(=O)C=Cc2ccc(OCOCCOC)c(OC)c2)cc1OC. The number of ether oxygens (including phenoxy) is 8. The van der Waals surface area contributed by atoms with Gasteiger partial charge < -0.3 is 48.5 Å². The van der Waals surface area contributed by atoms with Crippen molar-refractivity contribution in [3.63, 3.8) is 0 Å². The van der Waals surface area contributed by atoms with Crippen LogP contribution in [-0.4, -0.2) is 93.4 Å². The van der Waals surface area contributed by atoms with Gasteiger partial charge in [-0.15, -0.1) is 0 Å². The van der Waals surface area contributed by atoms with E-state index in [0.29, 0.717) is 75.4 Å². The van der Waals surface area contributed by atoms with Crippen LogP contribution in [0.1, 0.15) is 24.0 Å². The van der Waals surface area contributed by atoms with Gasteiger partial charge in [-0.05, 0) is 60.4 Å². The third-order valence-electron chi connectivity index (χ3n) is 5.89. The quantitative estimate of drug-likeness (QED) is 0.109. The van der Waals surface area contributed by atoms with Gasteiger partial charge in [0.15, 0.2) is 36.6 Å². The second kappa shape index (κ2) is 22.4. The second-order valence-corrected chi connectivity index (χ2v) is 9.10. The molecular formula is C32H44N2O10. The molecule has 0 saturated carbocycles. The molecule has 12 heteroatoms. The Morgan fingerprint density at radius 3 is 1.43 bits per heavy atom. The number of rotatable bonds is 23. The highest BCUT2D eigenvalue weighted by Gasteiger charge is 2.07. The first-order valence-corrected chi connectivity index (χ1v) is 14.2. The van der Waals surface area contributed by atoms with E-state index in [1.807, 2.05) is 12.1 Å². The lowest BCUT2D eigenvalue weighted by Gasteiger charge is -2.11. The van der Waals surface area contributed by atoms with Gasteiger partial charge >= 0.3 is 0 Å². The maximum Gasteiger partial charge on any atom is 0.243 e. The number of methoxy groups -OCH3 is 4. The topological polar surface area (TPSA) is 132 Å². The van der Waals surface area contributed by atoms with Crippen molar-refractivity contribution in [2.75, 3.05) is 81.5 Å². The zero-order chi connectivity index (χ0) is 31.8. The van der Waals surface area contributed by atoms with Gasteiger partial charge in [0.05, 0.1) is 40.6 Å². The predicted molar refractivity (Wildman–Crippen MR) is 166 cm³/mol. The highest BCUT2D eigenvalue weighted by Crippen LogP contribution is 2.29. The summed E-state index contributed by atoms with van der Waals surface area (Å²) in [4.78, 5) is 24.4. The van der Waals surface area contributed by atoms with Crippen LogP contribution in [0.25, 0.3) is 12.2 Å². The number of hydrogen-bond donors (Lipinski definition) is 2. The molecule has 0 aliphatic carbocycles. The number of nitrogens with one attached hydrogen (secondary N) is 2. The van der Waals surface area contributed by atoms with Gasteiger partial charge in [0.1, 0.15) is 0 Å². The van der Waals surface area contributed by atoms with Gasteiger partial charge in [-0.2, -0.15) is 0 Å². The highest BCUT2D eigenvalue weighted by molar-refractivity contribution is 5.92. The maximum absolute atomic E-state index is 12.2. The second-order valence-electron chi connectivity index (χ2n) is 9.10. The molecule has 0 atom stereocenters. The van der Waals surface area contributed by atoms with E-state index in [-0.39, 0.29) is 25.4 Å². The Morgan fingerprint density at radius 2 is 1.05 bits per heavy atom. The molecule has 0 fully saturated rings. The summed E-state index contributed by atoms with van der Waals surface area (Å²) in [5.41, 5.74) is 1.57. The first-order chi connectivity index (χ1) is 21.5. The smallest absolute Gasteiger partial charge is 0.243 e. The van der Waals surface area contributed by atoms with Crippen molar-refractivity contribution in [3.05, 3.63) is 59.7 Å². The molecular weight excluding hydrogens is 572 g/mol. The van der Waals surface area contributed by atoms with Crippen LogP contribution >= 0.6 is 0 Å². The molecule has 2 N–H and O–H groups in total. The summed E-state index contributed by atoms with van der Waals surface area (Å²) in [6.45, 7) is 2.95. The van der Waals surface area contributed by atoms with Crippen LogP contribution in [0.15, 0.2) is 48.6 Å². The van der Waals surface area contributed by atoms with Crippen molar-refractivity contribution >= 4 is 24.0 Å². The summed E-state index contributed by atoms with van der Waals surface area (Å²) >= 11 is 0. The van der Waals surface area contributed by atoms with Crippen molar-refractivity contribution in [1.29, 1.82) is 0 Å². The number of hydrogen-bond acceptors (Lipinski definition) is 10. The molecule has 2 rings (SSSR count). The summed E-state index contributed by atoms with van der Waals surface area (Å²) in [7, 11) is 6.29. The molecule has 0 spiro atoms. The van der Waals surface area contributed by atoms with E-state index in [1.54, 1.807) is 64.9 Å². The monoisotopic (exact) mass is 616 g/mol. The minimum Gasteiger partial charge on any atom is -0.493 e. The number of unbranched alkanes of at least 4 members (excludes halogenated alkanes) is 1. The molecule has 0 heterocycles. The summed E-state index contributed by atoms with van der Waals surface area (Å²) in [5, 5.41) is 5.68. The van der Waals surface area contributed by atoms with Crippen LogP contribution in [-0.2, 0) is 28.5 Å². The van der Waals surface area contributed by atoms with E-state index in [1.165, 1.54) is 12.2 Å². The predicted octanol–water partition coefficient (Wildman–Crippen LogP) is 3.44. The van der Waals surface area contributed by atoms with Crippen LogP contribution in [0.2, 0.25) is 0 Å². The Morgan fingerprint density at radius 1 is 0.614 bits per heavy atom. The molecule has 2 aromatic carbocycles. The number of amides is 2. The summed E-state index contributed by atoms with van der Waals surface area (Å²) in [6.07, 6.45) is 7.73. The molecule has 0 aliphatic rings. The van der Waals surface area contributed by atoms with Crippen molar-refractivity contribution in [2.24, 2.45) is 0 Å². The van der Waals surface area contributed by atoms with Crippen molar-refractivity contribution in [2.45, 2.75) is 12.8 Å². The lowest BCUT2D eigenvalue weighted by Crippen LogP contribution is -2.25. The van der Waals surface area contributed by atoms with Crippen LogP contribution in [0, 0.1) is 0 Å². The van der Waals surface area contributed by atoms with Crippen molar-refractivity contribution in [3.8, 4) is 23.0 Å². The minimum absolute atomic E-state index is 0.0749. The fourth-order valence-electron chi connectivity index (χ4n) is 3.56. The van der Waals surface area contributed by atoms with E-state index < -0.39 is 0 Å². The first kappa shape index (κ1) is 36.1. The zero-order valence-electron chi connectivity index (χ0n) is 25.9. The Balaban J connectivity index is 1.65. The fraction of sp³-hybridized carbons (Fsp3) is 0.438. The van der Waals surface area contributed by atoms with Crippen LogP contribution in [0.5, 0.6) is 23.0 Å². The molecule has 44 heavy (non-hydrogen) atoms. The van der Waals surface area contributed by atoms with Gasteiger partial charge in [-0.3, -0.25) is 9.59 Å². The molecule has 12 nitrogen and oxygen atoms in total. The molecule has 2 aromatic rings. The van der Waals surface area contributed by atoms with Gasteiger partial charge in [0, 0.05) is 39.5 Å². The third-order valence-corrected chi connectivity index (χ3v) is 5.89.